The minimum absolute atomic E-state index is 0.00264. The molecule has 0 aliphatic rings. The van der Waals surface area contributed by atoms with E-state index in [1.165, 1.54) is 36.5 Å². The molecule has 0 aliphatic carbocycles. The number of carbonyl (C=O) groups is 2. The van der Waals surface area contributed by atoms with Gasteiger partial charge in [0.05, 0.1) is 16.5 Å². The quantitative estimate of drug-likeness (QED) is 0.588. The molecule has 134 valence electrons. The minimum Gasteiger partial charge on any atom is -0.425 e. The van der Waals surface area contributed by atoms with Gasteiger partial charge in [-0.25, -0.2) is 13.4 Å². The van der Waals surface area contributed by atoms with Crippen molar-refractivity contribution < 1.29 is 22.7 Å². The third kappa shape index (κ3) is 6.11. The van der Waals surface area contributed by atoms with Gasteiger partial charge in [0.2, 0.25) is 0 Å². The second-order valence-electron chi connectivity index (χ2n) is 5.22. The highest BCUT2D eigenvalue weighted by molar-refractivity contribution is 7.90. The van der Waals surface area contributed by atoms with Crippen LogP contribution in [-0.4, -0.2) is 37.3 Å². The summed E-state index contributed by atoms with van der Waals surface area (Å²) >= 11 is 7.18. The number of amides is 1. The van der Waals surface area contributed by atoms with Crippen LogP contribution in [0.1, 0.15) is 23.0 Å². The van der Waals surface area contributed by atoms with Crippen LogP contribution < -0.4 is 10.1 Å². The van der Waals surface area contributed by atoms with Crippen LogP contribution in [0.3, 0.4) is 0 Å². The van der Waals surface area contributed by atoms with Gasteiger partial charge in [0, 0.05) is 30.5 Å². The number of halogens is 1. The van der Waals surface area contributed by atoms with Crippen molar-refractivity contribution >= 4 is 49.8 Å². The van der Waals surface area contributed by atoms with E-state index in [2.05, 4.69) is 10.3 Å². The molecule has 0 saturated heterocycles. The van der Waals surface area contributed by atoms with Crippen molar-refractivity contribution in [3.63, 3.8) is 0 Å². The number of rotatable bonds is 6. The maximum atomic E-state index is 12.2. The fourth-order valence-corrected chi connectivity index (χ4v) is 3.36. The van der Waals surface area contributed by atoms with Gasteiger partial charge >= 0.3 is 5.97 Å². The average Bonchev–Trinajstić information content (AvgIpc) is 2.93. The Kier molecular flexibility index (Phi) is 6.15. The molecule has 0 aliphatic heterocycles. The Labute approximate surface area is 153 Å². The van der Waals surface area contributed by atoms with Crippen molar-refractivity contribution in [2.45, 2.75) is 13.3 Å². The van der Waals surface area contributed by atoms with E-state index >= 15 is 0 Å². The molecule has 1 heterocycles. The number of ether oxygens (including phenoxy) is 1. The van der Waals surface area contributed by atoms with Crippen LogP contribution in [-0.2, 0) is 21.1 Å². The average molecular weight is 403 g/mol. The summed E-state index contributed by atoms with van der Waals surface area (Å²) in [6.07, 6.45) is 1.44. The number of anilines is 1. The van der Waals surface area contributed by atoms with Crippen LogP contribution in [0.25, 0.3) is 0 Å². The summed E-state index contributed by atoms with van der Waals surface area (Å²) in [5.41, 5.74) is 0.864. The van der Waals surface area contributed by atoms with Crippen molar-refractivity contribution in [1.82, 2.24) is 4.98 Å². The maximum Gasteiger partial charge on any atom is 0.308 e. The second kappa shape index (κ2) is 7.94. The lowest BCUT2D eigenvalue weighted by Crippen LogP contribution is -2.12. The number of sulfone groups is 1. The van der Waals surface area contributed by atoms with Gasteiger partial charge in [0.15, 0.2) is 5.13 Å². The molecule has 0 fully saturated rings. The molecule has 0 atom stereocenters. The standard InChI is InChI=1S/C15H15ClN2O5S2/c1-9(19)23-13-4-3-10(7-12(13)16)14(20)18-15-17-11(8-24-15)5-6-25(2,21)22/h3-4,7-8H,5-6H2,1-2H3,(H,17,18,20). The molecule has 0 saturated carbocycles. The number of aromatic nitrogens is 1. The molecule has 7 nitrogen and oxygen atoms in total. The molecule has 1 aromatic heterocycles. The van der Waals surface area contributed by atoms with Crippen molar-refractivity contribution in [2.75, 3.05) is 17.3 Å². The number of esters is 1. The highest BCUT2D eigenvalue weighted by atomic mass is 35.5. The van der Waals surface area contributed by atoms with Crippen LogP contribution >= 0.6 is 22.9 Å². The van der Waals surface area contributed by atoms with Gasteiger partial charge in [-0.05, 0) is 18.2 Å². The summed E-state index contributed by atoms with van der Waals surface area (Å²) in [5, 5.41) is 4.80. The van der Waals surface area contributed by atoms with Crippen molar-refractivity contribution in [1.29, 1.82) is 0 Å². The van der Waals surface area contributed by atoms with Crippen LogP contribution in [0.5, 0.6) is 5.75 Å². The largest absolute Gasteiger partial charge is 0.425 e. The number of nitrogens with zero attached hydrogens (tertiary/aromatic N) is 1. The Morgan fingerprint density at radius 1 is 1.36 bits per heavy atom. The van der Waals surface area contributed by atoms with Crippen molar-refractivity contribution in [2.24, 2.45) is 0 Å². The summed E-state index contributed by atoms with van der Waals surface area (Å²) in [7, 11) is -3.07. The van der Waals surface area contributed by atoms with Gasteiger partial charge in [-0.1, -0.05) is 11.6 Å². The monoisotopic (exact) mass is 402 g/mol. The molecule has 2 rings (SSSR count). The lowest BCUT2D eigenvalue weighted by atomic mass is 10.2. The summed E-state index contributed by atoms with van der Waals surface area (Å²) in [6.45, 7) is 1.25. The first-order valence-corrected chi connectivity index (χ1v) is 10.4. The molecule has 0 radical (unpaired) electrons. The normalized spacial score (nSPS) is 11.2. The Bertz CT molecular complexity index is 908. The zero-order valence-electron chi connectivity index (χ0n) is 13.4. The van der Waals surface area contributed by atoms with Gasteiger partial charge < -0.3 is 4.74 Å². The summed E-state index contributed by atoms with van der Waals surface area (Å²) in [4.78, 5) is 27.3. The SMILES string of the molecule is CC(=O)Oc1ccc(C(=O)Nc2nc(CCS(C)(=O)=O)cs2)cc1Cl. The molecule has 10 heteroatoms. The topological polar surface area (TPSA) is 102 Å². The van der Waals surface area contributed by atoms with Gasteiger partial charge in [-0.2, -0.15) is 0 Å². The minimum atomic E-state index is -3.07. The number of hydrogen-bond donors (Lipinski definition) is 1. The Morgan fingerprint density at radius 3 is 2.68 bits per heavy atom. The number of hydrogen-bond acceptors (Lipinski definition) is 7. The first kappa shape index (κ1) is 19.4. The number of carbonyl (C=O) groups excluding carboxylic acids is 2. The van der Waals surface area contributed by atoms with E-state index < -0.39 is 21.7 Å². The summed E-state index contributed by atoms with van der Waals surface area (Å²) in [5.74, 6) is -0.774. The molecule has 0 spiro atoms. The lowest BCUT2D eigenvalue weighted by Gasteiger charge is -2.06. The Hall–Kier alpha value is -1.97. The zero-order chi connectivity index (χ0) is 18.6. The number of benzene rings is 1. The van der Waals surface area contributed by atoms with Gasteiger partial charge in [0.25, 0.3) is 5.91 Å². The van der Waals surface area contributed by atoms with Gasteiger partial charge in [-0.15, -0.1) is 11.3 Å². The first-order valence-electron chi connectivity index (χ1n) is 7.05. The van der Waals surface area contributed by atoms with Crippen LogP contribution in [0.4, 0.5) is 5.13 Å². The first-order chi connectivity index (χ1) is 11.6. The van der Waals surface area contributed by atoms with Crippen LogP contribution in [0, 0.1) is 0 Å². The summed E-state index contributed by atoms with van der Waals surface area (Å²) < 4.78 is 27.2. The number of aryl methyl sites for hydroxylation is 1. The molecule has 1 N–H and O–H groups in total. The van der Waals surface area contributed by atoms with Crippen LogP contribution in [0.15, 0.2) is 23.6 Å². The third-order valence-electron chi connectivity index (χ3n) is 2.95. The molecule has 0 unspecified atom stereocenters. The van der Waals surface area contributed by atoms with Gasteiger partial charge in [0.1, 0.15) is 15.6 Å². The predicted octanol–water partition coefficient (Wildman–Crippen LogP) is 2.56. The summed E-state index contributed by atoms with van der Waals surface area (Å²) in [6, 6.07) is 4.28. The molecular formula is C15H15ClN2O5S2. The predicted molar refractivity (Wildman–Crippen MR) is 96.2 cm³/mol. The van der Waals surface area contributed by atoms with E-state index in [1.807, 2.05) is 0 Å². The highest BCUT2D eigenvalue weighted by Gasteiger charge is 2.13. The number of nitrogens with one attached hydrogen (secondary N) is 1. The van der Waals surface area contributed by atoms with E-state index in [4.69, 9.17) is 16.3 Å². The van der Waals surface area contributed by atoms with Crippen LogP contribution in [0.2, 0.25) is 5.02 Å². The van der Waals surface area contributed by atoms with Crippen molar-refractivity contribution in [3.8, 4) is 5.75 Å². The van der Waals surface area contributed by atoms with E-state index in [9.17, 15) is 18.0 Å². The van der Waals surface area contributed by atoms with E-state index in [-0.39, 0.29) is 28.5 Å². The van der Waals surface area contributed by atoms with E-state index in [0.29, 0.717) is 10.8 Å². The molecule has 1 aromatic carbocycles. The number of thiazole rings is 1. The zero-order valence-corrected chi connectivity index (χ0v) is 15.8. The van der Waals surface area contributed by atoms with E-state index in [0.717, 1.165) is 6.26 Å². The fourth-order valence-electron chi connectivity index (χ4n) is 1.82. The highest BCUT2D eigenvalue weighted by Crippen LogP contribution is 2.26. The molecule has 25 heavy (non-hydrogen) atoms. The Morgan fingerprint density at radius 2 is 2.08 bits per heavy atom. The molecule has 0 bridgehead atoms. The maximum absolute atomic E-state index is 12.2. The Balaban J connectivity index is 2.03. The molecule has 2 aromatic rings. The lowest BCUT2D eigenvalue weighted by molar-refractivity contribution is -0.131. The molecule has 1 amide bonds. The van der Waals surface area contributed by atoms with Crippen molar-refractivity contribution in [3.05, 3.63) is 39.9 Å². The fraction of sp³-hybridized carbons (Fsp3) is 0.267. The molecular weight excluding hydrogens is 388 g/mol. The third-order valence-corrected chi connectivity index (χ3v) is 5.00. The van der Waals surface area contributed by atoms with E-state index in [1.54, 1.807) is 5.38 Å². The second-order valence-corrected chi connectivity index (χ2v) is 8.74. The smallest absolute Gasteiger partial charge is 0.308 e. The van der Waals surface area contributed by atoms with Gasteiger partial charge in [-0.3, -0.25) is 14.9 Å².